The lowest BCUT2D eigenvalue weighted by Crippen LogP contribution is -2.27. The molecular formula is C18H36O2. The fraction of sp³-hybridized carbons (Fsp3) is 1.00. The predicted molar refractivity (Wildman–Crippen MR) is 86.2 cm³/mol. The van der Waals surface area contributed by atoms with Crippen LogP contribution in [-0.4, -0.2) is 25.9 Å². The van der Waals surface area contributed by atoms with Crippen LogP contribution in [0.3, 0.4) is 0 Å². The summed E-state index contributed by atoms with van der Waals surface area (Å²) in [7, 11) is 0. The van der Waals surface area contributed by atoms with Crippen molar-refractivity contribution in [2.75, 3.05) is 19.8 Å². The Labute approximate surface area is 126 Å². The van der Waals surface area contributed by atoms with Gasteiger partial charge in [-0.3, -0.25) is 0 Å². The molecule has 1 aliphatic rings. The average molecular weight is 284 g/mol. The average Bonchev–Trinajstić information content (AvgIpc) is 2.36. The maximum atomic E-state index is 5.64. The van der Waals surface area contributed by atoms with Gasteiger partial charge in [0.2, 0.25) is 0 Å². The predicted octanol–water partition coefficient (Wildman–Crippen LogP) is 5.35. The zero-order valence-electron chi connectivity index (χ0n) is 13.9. The minimum atomic E-state index is 0.505. The van der Waals surface area contributed by atoms with Crippen molar-refractivity contribution in [3.63, 3.8) is 0 Å². The summed E-state index contributed by atoms with van der Waals surface area (Å²) in [5.74, 6) is 0.880. The first-order valence-corrected chi connectivity index (χ1v) is 8.98. The van der Waals surface area contributed by atoms with Gasteiger partial charge in [0.25, 0.3) is 0 Å². The molecular weight excluding hydrogens is 248 g/mol. The maximum absolute atomic E-state index is 5.64. The van der Waals surface area contributed by atoms with Crippen LogP contribution in [0.2, 0.25) is 0 Å². The van der Waals surface area contributed by atoms with Gasteiger partial charge >= 0.3 is 0 Å². The molecule has 1 atom stereocenters. The molecule has 20 heavy (non-hydrogen) atoms. The molecule has 1 saturated heterocycles. The maximum Gasteiger partial charge on any atom is 0.0619 e. The van der Waals surface area contributed by atoms with E-state index in [4.69, 9.17) is 9.47 Å². The molecule has 0 aromatic rings. The number of unbranched alkanes of at least 4 members (excludes halogenated alkanes) is 7. The van der Waals surface area contributed by atoms with Gasteiger partial charge in [-0.25, -0.2) is 0 Å². The van der Waals surface area contributed by atoms with E-state index in [2.05, 4.69) is 13.8 Å². The summed E-state index contributed by atoms with van der Waals surface area (Å²) in [5, 5.41) is 0. The van der Waals surface area contributed by atoms with Crippen molar-refractivity contribution < 1.29 is 9.47 Å². The van der Waals surface area contributed by atoms with E-state index in [1.165, 1.54) is 64.2 Å². The van der Waals surface area contributed by atoms with Gasteiger partial charge in [-0.15, -0.1) is 0 Å². The molecule has 0 aromatic carbocycles. The molecule has 1 unspecified atom stereocenters. The minimum absolute atomic E-state index is 0.505. The molecule has 1 heterocycles. The van der Waals surface area contributed by atoms with Gasteiger partial charge in [0.05, 0.1) is 6.10 Å². The summed E-state index contributed by atoms with van der Waals surface area (Å²) >= 11 is 0. The Morgan fingerprint density at radius 1 is 0.900 bits per heavy atom. The van der Waals surface area contributed by atoms with Crippen molar-refractivity contribution in [1.82, 2.24) is 0 Å². The van der Waals surface area contributed by atoms with Crippen LogP contribution in [0.5, 0.6) is 0 Å². The lowest BCUT2D eigenvalue weighted by atomic mass is 10.0. The van der Waals surface area contributed by atoms with Gasteiger partial charge in [-0.1, -0.05) is 65.2 Å². The lowest BCUT2D eigenvalue weighted by molar-refractivity contribution is -0.0665. The van der Waals surface area contributed by atoms with Gasteiger partial charge < -0.3 is 9.47 Å². The normalized spacial score (nSPS) is 18.4. The van der Waals surface area contributed by atoms with Gasteiger partial charge in [-0.05, 0) is 25.2 Å². The quantitative estimate of drug-likeness (QED) is 0.400. The van der Waals surface area contributed by atoms with E-state index in [0.29, 0.717) is 6.10 Å². The fourth-order valence-electron chi connectivity index (χ4n) is 2.65. The Kier molecular flexibility index (Phi) is 11.4. The van der Waals surface area contributed by atoms with Crippen molar-refractivity contribution in [3.05, 3.63) is 0 Å². The van der Waals surface area contributed by atoms with E-state index in [9.17, 15) is 0 Å². The van der Waals surface area contributed by atoms with Crippen LogP contribution in [0.1, 0.15) is 84.5 Å². The molecule has 1 aliphatic heterocycles. The summed E-state index contributed by atoms with van der Waals surface area (Å²) < 4.78 is 11.0. The molecule has 0 spiro atoms. The van der Waals surface area contributed by atoms with Gasteiger partial charge in [0, 0.05) is 19.8 Å². The summed E-state index contributed by atoms with van der Waals surface area (Å²) in [6, 6.07) is 0. The molecule has 2 nitrogen and oxygen atoms in total. The molecule has 1 fully saturated rings. The van der Waals surface area contributed by atoms with Crippen molar-refractivity contribution in [3.8, 4) is 0 Å². The Morgan fingerprint density at radius 2 is 1.50 bits per heavy atom. The van der Waals surface area contributed by atoms with Gasteiger partial charge in [-0.2, -0.15) is 0 Å². The monoisotopic (exact) mass is 284 g/mol. The van der Waals surface area contributed by atoms with E-state index in [1.807, 2.05) is 0 Å². The number of rotatable bonds is 14. The molecule has 0 radical (unpaired) electrons. The third kappa shape index (κ3) is 10.7. The zero-order valence-corrected chi connectivity index (χ0v) is 13.9. The van der Waals surface area contributed by atoms with Crippen LogP contribution < -0.4 is 0 Å². The number of hydrogen-bond acceptors (Lipinski definition) is 2. The van der Waals surface area contributed by atoms with E-state index in [0.717, 1.165) is 32.2 Å². The number of hydrogen-bond donors (Lipinski definition) is 0. The van der Waals surface area contributed by atoms with Crippen LogP contribution in [-0.2, 0) is 9.47 Å². The molecule has 0 bridgehead atoms. The third-order valence-electron chi connectivity index (χ3n) is 4.20. The highest BCUT2D eigenvalue weighted by molar-refractivity contribution is 4.65. The van der Waals surface area contributed by atoms with Crippen LogP contribution in [0, 0.1) is 5.92 Å². The first kappa shape index (κ1) is 18.0. The van der Waals surface area contributed by atoms with Crippen molar-refractivity contribution in [1.29, 1.82) is 0 Å². The molecule has 0 N–H and O–H groups in total. The second kappa shape index (κ2) is 12.6. The summed E-state index contributed by atoms with van der Waals surface area (Å²) in [5.41, 5.74) is 0. The Hall–Kier alpha value is -0.0800. The molecule has 0 amide bonds. The standard InChI is InChI=1S/C18H36O2/c1-17(2)11-9-7-5-3-4-6-8-10-14-19-15-12-18-13-16-20-18/h17-18H,3-16H2,1-2H3. The van der Waals surface area contributed by atoms with E-state index >= 15 is 0 Å². The number of ether oxygens (including phenoxy) is 2. The van der Waals surface area contributed by atoms with Crippen LogP contribution in [0.4, 0.5) is 0 Å². The van der Waals surface area contributed by atoms with E-state index in [1.54, 1.807) is 0 Å². The zero-order chi connectivity index (χ0) is 14.5. The molecule has 0 aliphatic carbocycles. The fourth-order valence-corrected chi connectivity index (χ4v) is 2.65. The summed E-state index contributed by atoms with van der Waals surface area (Å²) in [4.78, 5) is 0. The Balaban J connectivity index is 1.64. The second-order valence-electron chi connectivity index (χ2n) is 6.69. The van der Waals surface area contributed by atoms with Crippen LogP contribution in [0.15, 0.2) is 0 Å². The first-order chi connectivity index (χ1) is 9.79. The van der Waals surface area contributed by atoms with Gasteiger partial charge in [0.1, 0.15) is 0 Å². The highest BCUT2D eigenvalue weighted by Gasteiger charge is 2.16. The Bertz CT molecular complexity index is 200. The highest BCUT2D eigenvalue weighted by atomic mass is 16.5. The van der Waals surface area contributed by atoms with Crippen molar-refractivity contribution >= 4 is 0 Å². The molecule has 2 heteroatoms. The largest absolute Gasteiger partial charge is 0.381 e. The Morgan fingerprint density at radius 3 is 2.05 bits per heavy atom. The topological polar surface area (TPSA) is 18.5 Å². The molecule has 120 valence electrons. The van der Waals surface area contributed by atoms with Gasteiger partial charge in [0.15, 0.2) is 0 Å². The third-order valence-corrected chi connectivity index (χ3v) is 4.20. The highest BCUT2D eigenvalue weighted by Crippen LogP contribution is 2.15. The first-order valence-electron chi connectivity index (χ1n) is 8.98. The van der Waals surface area contributed by atoms with Crippen LogP contribution in [0.25, 0.3) is 0 Å². The minimum Gasteiger partial charge on any atom is -0.381 e. The van der Waals surface area contributed by atoms with Crippen molar-refractivity contribution in [2.45, 2.75) is 90.6 Å². The molecule has 0 aromatic heterocycles. The smallest absolute Gasteiger partial charge is 0.0619 e. The second-order valence-corrected chi connectivity index (χ2v) is 6.69. The molecule has 0 saturated carbocycles. The van der Waals surface area contributed by atoms with E-state index < -0.39 is 0 Å². The molecule has 1 rings (SSSR count). The van der Waals surface area contributed by atoms with Crippen LogP contribution >= 0.6 is 0 Å². The van der Waals surface area contributed by atoms with E-state index in [-0.39, 0.29) is 0 Å². The summed E-state index contributed by atoms with van der Waals surface area (Å²) in [6.45, 7) is 7.44. The summed E-state index contributed by atoms with van der Waals surface area (Å²) in [6.07, 6.45) is 15.3. The lowest BCUT2D eigenvalue weighted by Gasteiger charge is -2.26. The van der Waals surface area contributed by atoms with Crippen molar-refractivity contribution in [2.24, 2.45) is 5.92 Å². The SMILES string of the molecule is CC(C)CCCCCCCCCCOCCC1CCO1.